The Morgan fingerprint density at radius 3 is 2.93 bits per heavy atom. The van der Waals surface area contributed by atoms with Crippen molar-refractivity contribution in [2.75, 3.05) is 36.1 Å². The number of hydrogen-bond acceptors (Lipinski definition) is 4. The van der Waals surface area contributed by atoms with E-state index in [1.807, 2.05) is 18.2 Å². The SMILES string of the molecule is C[C@H]1CN(c2cccc(N)c2N)CCO1. The molecule has 1 aliphatic rings. The minimum atomic E-state index is 0.250. The number of para-hydroxylation sites is 1. The minimum Gasteiger partial charge on any atom is -0.397 e. The first-order chi connectivity index (χ1) is 7.18. The van der Waals surface area contributed by atoms with Crippen molar-refractivity contribution in [3.63, 3.8) is 0 Å². The molecule has 0 unspecified atom stereocenters. The van der Waals surface area contributed by atoms with Gasteiger partial charge in [0.15, 0.2) is 0 Å². The molecule has 15 heavy (non-hydrogen) atoms. The number of rotatable bonds is 1. The number of anilines is 3. The van der Waals surface area contributed by atoms with Gasteiger partial charge in [0, 0.05) is 13.1 Å². The fourth-order valence-corrected chi connectivity index (χ4v) is 1.88. The summed E-state index contributed by atoms with van der Waals surface area (Å²) >= 11 is 0. The lowest BCUT2D eigenvalue weighted by Gasteiger charge is -2.33. The second kappa shape index (κ2) is 3.98. The van der Waals surface area contributed by atoms with Crippen molar-refractivity contribution >= 4 is 17.1 Å². The highest BCUT2D eigenvalue weighted by Gasteiger charge is 2.18. The van der Waals surface area contributed by atoms with Gasteiger partial charge in [-0.15, -0.1) is 0 Å². The molecule has 0 radical (unpaired) electrons. The first-order valence-corrected chi connectivity index (χ1v) is 5.19. The van der Waals surface area contributed by atoms with Gasteiger partial charge >= 0.3 is 0 Å². The van der Waals surface area contributed by atoms with Crippen molar-refractivity contribution in [1.82, 2.24) is 0 Å². The van der Waals surface area contributed by atoms with Gasteiger partial charge in [-0.25, -0.2) is 0 Å². The summed E-state index contributed by atoms with van der Waals surface area (Å²) in [5.74, 6) is 0. The molecule has 1 saturated heterocycles. The first-order valence-electron chi connectivity index (χ1n) is 5.19. The van der Waals surface area contributed by atoms with Crippen LogP contribution >= 0.6 is 0 Å². The Balaban J connectivity index is 2.24. The molecule has 1 atom stereocenters. The topological polar surface area (TPSA) is 64.5 Å². The molecule has 1 aromatic carbocycles. The fourth-order valence-electron chi connectivity index (χ4n) is 1.88. The van der Waals surface area contributed by atoms with E-state index in [1.54, 1.807) is 0 Å². The van der Waals surface area contributed by atoms with E-state index in [9.17, 15) is 0 Å². The summed E-state index contributed by atoms with van der Waals surface area (Å²) in [6.45, 7) is 4.55. The number of nitrogens with zero attached hydrogens (tertiary/aromatic N) is 1. The van der Waals surface area contributed by atoms with E-state index >= 15 is 0 Å². The Labute approximate surface area is 89.8 Å². The lowest BCUT2D eigenvalue weighted by atomic mass is 10.2. The smallest absolute Gasteiger partial charge is 0.0785 e. The molecule has 0 aliphatic carbocycles. The van der Waals surface area contributed by atoms with Crippen LogP contribution in [-0.2, 0) is 4.74 Å². The normalized spacial score (nSPS) is 21.7. The second-order valence-electron chi connectivity index (χ2n) is 3.91. The summed E-state index contributed by atoms with van der Waals surface area (Å²) in [4.78, 5) is 2.22. The number of hydrogen-bond donors (Lipinski definition) is 2. The lowest BCUT2D eigenvalue weighted by molar-refractivity contribution is 0.0533. The third-order valence-electron chi connectivity index (χ3n) is 2.70. The number of nitrogens with two attached hydrogens (primary N) is 2. The van der Waals surface area contributed by atoms with Crippen LogP contribution in [0.15, 0.2) is 18.2 Å². The largest absolute Gasteiger partial charge is 0.397 e. The Kier molecular flexibility index (Phi) is 2.68. The van der Waals surface area contributed by atoms with Crippen LogP contribution in [0.2, 0.25) is 0 Å². The molecule has 1 aromatic rings. The van der Waals surface area contributed by atoms with Gasteiger partial charge in [0.1, 0.15) is 0 Å². The Morgan fingerprint density at radius 1 is 1.40 bits per heavy atom. The standard InChI is InChI=1S/C11H17N3O/c1-8-7-14(5-6-15-8)10-4-2-3-9(12)11(10)13/h2-4,8H,5-7,12-13H2,1H3/t8-/m0/s1. The van der Waals surface area contributed by atoms with Crippen molar-refractivity contribution in [1.29, 1.82) is 0 Å². The highest BCUT2D eigenvalue weighted by Crippen LogP contribution is 2.29. The molecule has 82 valence electrons. The molecule has 1 aliphatic heterocycles. The van der Waals surface area contributed by atoms with Crippen molar-refractivity contribution in [3.05, 3.63) is 18.2 Å². The molecule has 4 N–H and O–H groups in total. The molecule has 0 aromatic heterocycles. The van der Waals surface area contributed by atoms with Gasteiger partial charge in [-0.1, -0.05) is 6.07 Å². The van der Waals surface area contributed by atoms with E-state index < -0.39 is 0 Å². The lowest BCUT2D eigenvalue weighted by Crippen LogP contribution is -2.41. The maximum atomic E-state index is 5.95. The Morgan fingerprint density at radius 2 is 2.20 bits per heavy atom. The summed E-state index contributed by atoms with van der Waals surface area (Å²) in [5, 5.41) is 0. The number of ether oxygens (including phenoxy) is 1. The van der Waals surface area contributed by atoms with Crippen LogP contribution < -0.4 is 16.4 Å². The van der Waals surface area contributed by atoms with Crippen LogP contribution in [0.5, 0.6) is 0 Å². The van der Waals surface area contributed by atoms with Gasteiger partial charge in [0.25, 0.3) is 0 Å². The molecule has 0 spiro atoms. The van der Waals surface area contributed by atoms with Crippen LogP contribution in [0.1, 0.15) is 6.92 Å². The van der Waals surface area contributed by atoms with Crippen molar-refractivity contribution in [2.24, 2.45) is 0 Å². The summed E-state index contributed by atoms with van der Waals surface area (Å²) in [6.07, 6.45) is 0.250. The summed E-state index contributed by atoms with van der Waals surface area (Å²) in [6, 6.07) is 5.76. The van der Waals surface area contributed by atoms with E-state index in [4.69, 9.17) is 16.2 Å². The predicted molar refractivity (Wildman–Crippen MR) is 62.9 cm³/mol. The van der Waals surface area contributed by atoms with E-state index in [1.165, 1.54) is 0 Å². The summed E-state index contributed by atoms with van der Waals surface area (Å²) in [7, 11) is 0. The number of benzene rings is 1. The highest BCUT2D eigenvalue weighted by molar-refractivity contribution is 5.79. The molecule has 0 amide bonds. The van der Waals surface area contributed by atoms with Gasteiger partial charge < -0.3 is 21.1 Å². The van der Waals surface area contributed by atoms with Crippen LogP contribution in [-0.4, -0.2) is 25.8 Å². The average molecular weight is 207 g/mol. The zero-order valence-electron chi connectivity index (χ0n) is 8.94. The van der Waals surface area contributed by atoms with Crippen LogP contribution in [0.25, 0.3) is 0 Å². The number of morpholine rings is 1. The van der Waals surface area contributed by atoms with E-state index in [0.29, 0.717) is 11.4 Å². The van der Waals surface area contributed by atoms with Gasteiger partial charge in [-0.3, -0.25) is 0 Å². The van der Waals surface area contributed by atoms with Gasteiger partial charge in [0.2, 0.25) is 0 Å². The minimum absolute atomic E-state index is 0.250. The Hall–Kier alpha value is -1.42. The monoisotopic (exact) mass is 207 g/mol. The van der Waals surface area contributed by atoms with Crippen LogP contribution in [0.4, 0.5) is 17.1 Å². The van der Waals surface area contributed by atoms with Crippen molar-refractivity contribution in [2.45, 2.75) is 13.0 Å². The highest BCUT2D eigenvalue weighted by atomic mass is 16.5. The quantitative estimate of drug-likeness (QED) is 0.676. The molecular formula is C11H17N3O. The maximum Gasteiger partial charge on any atom is 0.0785 e. The number of nitrogen functional groups attached to an aromatic ring is 2. The summed E-state index contributed by atoms with van der Waals surface area (Å²) in [5.41, 5.74) is 14.1. The van der Waals surface area contributed by atoms with E-state index in [-0.39, 0.29) is 6.10 Å². The molecule has 4 heteroatoms. The van der Waals surface area contributed by atoms with E-state index in [0.717, 1.165) is 25.4 Å². The van der Waals surface area contributed by atoms with Gasteiger partial charge in [-0.2, -0.15) is 0 Å². The van der Waals surface area contributed by atoms with Crippen molar-refractivity contribution in [3.8, 4) is 0 Å². The first kappa shape index (κ1) is 10.1. The fraction of sp³-hybridized carbons (Fsp3) is 0.455. The van der Waals surface area contributed by atoms with Crippen molar-refractivity contribution < 1.29 is 4.74 Å². The second-order valence-corrected chi connectivity index (χ2v) is 3.91. The molecule has 0 bridgehead atoms. The molecule has 2 rings (SSSR count). The zero-order chi connectivity index (χ0) is 10.8. The third kappa shape index (κ3) is 1.99. The predicted octanol–water partition coefficient (Wildman–Crippen LogP) is 1.08. The molecule has 1 heterocycles. The van der Waals surface area contributed by atoms with Gasteiger partial charge in [0.05, 0.1) is 29.8 Å². The molecule has 4 nitrogen and oxygen atoms in total. The zero-order valence-corrected chi connectivity index (χ0v) is 8.94. The third-order valence-corrected chi connectivity index (χ3v) is 2.70. The average Bonchev–Trinajstić information content (AvgIpc) is 2.22. The molecular weight excluding hydrogens is 190 g/mol. The Bertz CT molecular complexity index is 354. The maximum absolute atomic E-state index is 5.95. The van der Waals surface area contributed by atoms with Crippen LogP contribution in [0.3, 0.4) is 0 Å². The van der Waals surface area contributed by atoms with Gasteiger partial charge in [-0.05, 0) is 19.1 Å². The summed E-state index contributed by atoms with van der Waals surface area (Å²) < 4.78 is 5.49. The van der Waals surface area contributed by atoms with Crippen LogP contribution in [0, 0.1) is 0 Å². The molecule has 0 saturated carbocycles. The van der Waals surface area contributed by atoms with E-state index in [2.05, 4.69) is 11.8 Å². The molecule has 1 fully saturated rings.